The number of carboxylic acid groups (broad SMARTS) is 1. The van der Waals surface area contributed by atoms with E-state index in [0.29, 0.717) is 13.1 Å². The van der Waals surface area contributed by atoms with Gasteiger partial charge in [-0.1, -0.05) is 48.5 Å². The highest BCUT2D eigenvalue weighted by atomic mass is 16.4. The van der Waals surface area contributed by atoms with Crippen LogP contribution in [-0.4, -0.2) is 35.0 Å². The van der Waals surface area contributed by atoms with Gasteiger partial charge in [-0.2, -0.15) is 0 Å². The maximum absolute atomic E-state index is 13.3. The van der Waals surface area contributed by atoms with Crippen LogP contribution in [0, 0.1) is 11.8 Å². The lowest BCUT2D eigenvalue weighted by Crippen LogP contribution is -2.51. The van der Waals surface area contributed by atoms with Gasteiger partial charge in [-0.3, -0.25) is 9.59 Å². The molecule has 134 valence electrons. The lowest BCUT2D eigenvalue weighted by Gasteiger charge is -2.49. The summed E-state index contributed by atoms with van der Waals surface area (Å²) >= 11 is 0. The molecule has 5 rings (SSSR count). The first kappa shape index (κ1) is 16.8. The van der Waals surface area contributed by atoms with Crippen LogP contribution < -0.4 is 0 Å². The first-order valence-electron chi connectivity index (χ1n) is 9.29. The van der Waals surface area contributed by atoms with E-state index in [-0.39, 0.29) is 17.7 Å². The third-order valence-corrected chi connectivity index (χ3v) is 6.08. The van der Waals surface area contributed by atoms with Crippen molar-refractivity contribution in [2.24, 2.45) is 11.8 Å². The van der Waals surface area contributed by atoms with E-state index >= 15 is 0 Å². The Kier molecular flexibility index (Phi) is 4.06. The summed E-state index contributed by atoms with van der Waals surface area (Å²) in [5.41, 5.74) is 4.35. The minimum Gasteiger partial charge on any atom is -0.481 e. The lowest BCUT2D eigenvalue weighted by molar-refractivity contribution is -0.152. The number of hydrogen-bond donors (Lipinski definition) is 1. The van der Waals surface area contributed by atoms with Gasteiger partial charge >= 0.3 is 5.97 Å². The monoisotopic (exact) mass is 349 g/mol. The number of fused-ring (bicyclic) bond motifs is 1. The minimum atomic E-state index is -0.880. The van der Waals surface area contributed by atoms with Crippen LogP contribution in [0.1, 0.15) is 47.9 Å². The van der Waals surface area contributed by atoms with E-state index in [1.54, 1.807) is 4.90 Å². The van der Waals surface area contributed by atoms with E-state index in [1.807, 2.05) is 50.2 Å². The largest absolute Gasteiger partial charge is 0.481 e. The van der Waals surface area contributed by atoms with Gasteiger partial charge in [-0.05, 0) is 36.1 Å². The first-order chi connectivity index (χ1) is 12.6. The van der Waals surface area contributed by atoms with Crippen LogP contribution >= 0.6 is 0 Å². The Bertz CT molecular complexity index is 824. The predicted octanol–water partition coefficient (Wildman–Crippen LogP) is 3.46. The summed E-state index contributed by atoms with van der Waals surface area (Å²) in [6, 6.07) is 16.1. The molecule has 4 nitrogen and oxygen atoms in total. The Morgan fingerprint density at radius 2 is 1.19 bits per heavy atom. The molecule has 2 unspecified atom stereocenters. The van der Waals surface area contributed by atoms with Gasteiger partial charge in [0.15, 0.2) is 0 Å². The zero-order chi connectivity index (χ0) is 18.4. The molecule has 1 N–H and O–H groups in total. The second-order valence-electron chi connectivity index (χ2n) is 7.11. The SMILES string of the molecule is CCN(CC)C(=O)C1C2c3ccccc3C(c3ccccc32)C1C(=O)O. The smallest absolute Gasteiger partial charge is 0.308 e. The summed E-state index contributed by atoms with van der Waals surface area (Å²) in [7, 11) is 0. The van der Waals surface area contributed by atoms with E-state index in [2.05, 4.69) is 12.1 Å². The van der Waals surface area contributed by atoms with E-state index < -0.39 is 17.8 Å². The molecule has 0 aliphatic heterocycles. The Hall–Kier alpha value is -2.62. The van der Waals surface area contributed by atoms with Crippen LogP contribution in [-0.2, 0) is 9.59 Å². The molecule has 0 saturated heterocycles. The Morgan fingerprint density at radius 1 is 0.808 bits per heavy atom. The van der Waals surface area contributed by atoms with Crippen LogP contribution in [0.2, 0.25) is 0 Å². The van der Waals surface area contributed by atoms with Crippen LogP contribution in [0.4, 0.5) is 0 Å². The van der Waals surface area contributed by atoms with Gasteiger partial charge in [-0.25, -0.2) is 0 Å². The fourth-order valence-corrected chi connectivity index (χ4v) is 5.02. The normalized spacial score (nSPS) is 25.3. The maximum Gasteiger partial charge on any atom is 0.308 e. The van der Waals surface area contributed by atoms with Crippen LogP contribution in [0.3, 0.4) is 0 Å². The van der Waals surface area contributed by atoms with Crippen molar-refractivity contribution >= 4 is 11.9 Å². The van der Waals surface area contributed by atoms with Crippen molar-refractivity contribution in [1.82, 2.24) is 4.90 Å². The third-order valence-electron chi connectivity index (χ3n) is 6.08. The van der Waals surface area contributed by atoms with Gasteiger partial charge in [0.05, 0.1) is 11.8 Å². The molecule has 0 spiro atoms. The number of amides is 1. The molecular weight excluding hydrogens is 326 g/mol. The molecule has 26 heavy (non-hydrogen) atoms. The quantitative estimate of drug-likeness (QED) is 0.920. The number of benzene rings is 2. The third kappa shape index (κ3) is 2.21. The zero-order valence-corrected chi connectivity index (χ0v) is 15.1. The lowest BCUT2D eigenvalue weighted by atomic mass is 9.54. The van der Waals surface area contributed by atoms with Crippen LogP contribution in [0.15, 0.2) is 48.5 Å². The topological polar surface area (TPSA) is 57.6 Å². The molecule has 0 heterocycles. The summed E-state index contributed by atoms with van der Waals surface area (Å²) in [6.45, 7) is 5.08. The second-order valence-corrected chi connectivity index (χ2v) is 7.11. The molecule has 3 aliphatic carbocycles. The van der Waals surface area contributed by atoms with E-state index in [0.717, 1.165) is 22.3 Å². The van der Waals surface area contributed by atoms with Crippen molar-refractivity contribution in [3.8, 4) is 0 Å². The van der Waals surface area contributed by atoms with Crippen LogP contribution in [0.5, 0.6) is 0 Å². The van der Waals surface area contributed by atoms with Crippen LogP contribution in [0.25, 0.3) is 0 Å². The van der Waals surface area contributed by atoms with Gasteiger partial charge < -0.3 is 10.0 Å². The van der Waals surface area contributed by atoms with Crippen molar-refractivity contribution in [2.75, 3.05) is 13.1 Å². The number of carboxylic acids is 1. The number of nitrogens with zero attached hydrogens (tertiary/aromatic N) is 1. The van der Waals surface area contributed by atoms with Crippen molar-refractivity contribution in [3.63, 3.8) is 0 Å². The average Bonchev–Trinajstić information content (AvgIpc) is 2.68. The molecule has 2 aromatic carbocycles. The Labute approximate surface area is 153 Å². The second kappa shape index (κ2) is 6.27. The molecule has 2 aromatic rings. The molecular formula is C22H23NO3. The number of hydrogen-bond acceptors (Lipinski definition) is 2. The zero-order valence-electron chi connectivity index (χ0n) is 15.1. The molecule has 0 fully saturated rings. The molecule has 3 aliphatic rings. The standard InChI is InChI=1S/C22H23NO3/c1-3-23(4-2)21(24)19-17-13-9-5-7-11-15(13)18(20(19)22(25)26)16-12-8-6-10-14(16)17/h5-12,17-20H,3-4H2,1-2H3,(H,25,26). The number of carbonyl (C=O) groups is 2. The van der Waals surface area contributed by atoms with Crippen molar-refractivity contribution in [1.29, 1.82) is 0 Å². The average molecular weight is 349 g/mol. The van der Waals surface area contributed by atoms with Crippen molar-refractivity contribution < 1.29 is 14.7 Å². The molecule has 0 saturated carbocycles. The molecule has 1 amide bonds. The molecule has 0 radical (unpaired) electrons. The summed E-state index contributed by atoms with van der Waals surface area (Å²) in [5.74, 6) is -2.66. The fraction of sp³-hybridized carbons (Fsp3) is 0.364. The van der Waals surface area contributed by atoms with Gasteiger partial charge in [0, 0.05) is 24.9 Å². The molecule has 2 bridgehead atoms. The molecule has 0 aromatic heterocycles. The number of rotatable bonds is 4. The van der Waals surface area contributed by atoms with Gasteiger partial charge in [0.1, 0.15) is 0 Å². The highest BCUT2D eigenvalue weighted by Crippen LogP contribution is 2.58. The number of aliphatic carboxylic acids is 1. The highest BCUT2D eigenvalue weighted by molar-refractivity contribution is 5.89. The van der Waals surface area contributed by atoms with Gasteiger partial charge in [0.2, 0.25) is 5.91 Å². The van der Waals surface area contributed by atoms with Gasteiger partial charge in [-0.15, -0.1) is 0 Å². The van der Waals surface area contributed by atoms with E-state index in [4.69, 9.17) is 0 Å². The van der Waals surface area contributed by atoms with Crippen molar-refractivity contribution in [3.05, 3.63) is 70.8 Å². The fourth-order valence-electron chi connectivity index (χ4n) is 5.02. The molecule has 4 heteroatoms. The summed E-state index contributed by atoms with van der Waals surface area (Å²) < 4.78 is 0. The molecule has 2 atom stereocenters. The van der Waals surface area contributed by atoms with Gasteiger partial charge in [0.25, 0.3) is 0 Å². The van der Waals surface area contributed by atoms with Crippen molar-refractivity contribution in [2.45, 2.75) is 25.7 Å². The van der Waals surface area contributed by atoms with E-state index in [1.165, 1.54) is 0 Å². The summed E-state index contributed by atoms with van der Waals surface area (Å²) in [4.78, 5) is 27.4. The Morgan fingerprint density at radius 3 is 1.54 bits per heavy atom. The number of carbonyl (C=O) groups excluding carboxylic acids is 1. The summed E-state index contributed by atoms with van der Waals surface area (Å²) in [5, 5.41) is 10.1. The Balaban J connectivity index is 1.96. The minimum absolute atomic E-state index is 0.0404. The summed E-state index contributed by atoms with van der Waals surface area (Å²) in [6.07, 6.45) is 0. The maximum atomic E-state index is 13.3. The first-order valence-corrected chi connectivity index (χ1v) is 9.29. The predicted molar refractivity (Wildman–Crippen MR) is 99.1 cm³/mol. The highest BCUT2D eigenvalue weighted by Gasteiger charge is 2.55. The van der Waals surface area contributed by atoms with E-state index in [9.17, 15) is 14.7 Å².